The molecule has 0 heterocycles. The lowest BCUT2D eigenvalue weighted by Crippen LogP contribution is -2.40. The number of aliphatic carboxylic acids is 1. The molecule has 2 atom stereocenters. The van der Waals surface area contributed by atoms with E-state index in [1.165, 1.54) is 0 Å². The lowest BCUT2D eigenvalue weighted by molar-refractivity contribution is -0.142. The molecule has 70 valence electrons. The quantitative estimate of drug-likeness (QED) is 0.668. The minimum Gasteiger partial charge on any atom is -0.480 e. The number of carbonyl (C=O) groups is 2. The van der Waals surface area contributed by atoms with Gasteiger partial charge < -0.3 is 10.4 Å². The summed E-state index contributed by atoms with van der Waals surface area (Å²) in [5.41, 5.74) is 0. The number of carboxylic acids is 1. The van der Waals surface area contributed by atoms with E-state index in [-0.39, 0.29) is 0 Å². The van der Waals surface area contributed by atoms with Gasteiger partial charge in [0.2, 0.25) is 5.91 Å². The normalized spacial score (nSPS) is 32.2. The minimum absolute atomic E-state index is 0.478. The molecule has 0 spiro atoms. The summed E-state index contributed by atoms with van der Waals surface area (Å²) in [6, 6.07) is -3.58. The van der Waals surface area contributed by atoms with Gasteiger partial charge in [-0.25, -0.2) is 4.79 Å². The fraction of sp³-hybridized carbons (Fsp3) is 0.750. The van der Waals surface area contributed by atoms with Gasteiger partial charge in [-0.1, -0.05) is 13.8 Å². The first-order valence-electron chi connectivity index (χ1n) is 7.03. The van der Waals surface area contributed by atoms with Gasteiger partial charge in [-0.2, -0.15) is 0 Å². The average molecular weight is 181 g/mol. The molecular weight excluding hydrogens is 158 g/mol. The fourth-order valence-electron chi connectivity index (χ4n) is 0.464. The van der Waals surface area contributed by atoms with E-state index >= 15 is 0 Å². The Kier molecular flexibility index (Phi) is 1.33. The lowest BCUT2D eigenvalue weighted by atomic mass is 10.0. The zero-order valence-electron chi connectivity index (χ0n) is 14.7. The molecule has 12 heavy (non-hydrogen) atoms. The first-order chi connectivity index (χ1) is 8.55. The van der Waals surface area contributed by atoms with Crippen LogP contribution in [-0.4, -0.2) is 23.0 Å². The van der Waals surface area contributed by atoms with Crippen molar-refractivity contribution in [3.05, 3.63) is 0 Å². The summed E-state index contributed by atoms with van der Waals surface area (Å²) in [5.74, 6) is -6.54. The lowest BCUT2D eigenvalue weighted by Gasteiger charge is -2.14. The molecule has 4 nitrogen and oxygen atoms in total. The van der Waals surface area contributed by atoms with Crippen molar-refractivity contribution in [2.45, 2.75) is 33.1 Å². The van der Waals surface area contributed by atoms with Gasteiger partial charge in [-0.15, -0.1) is 0 Å². The van der Waals surface area contributed by atoms with Gasteiger partial charge in [0.05, 0.1) is 1.37 Å². The first-order valence-corrected chi connectivity index (χ1v) is 3.08. The molecule has 0 aliphatic heterocycles. The van der Waals surface area contributed by atoms with Crippen molar-refractivity contribution in [3.8, 4) is 0 Å². The number of nitrogens with one attached hydrogen (secondary N) is 1. The van der Waals surface area contributed by atoms with E-state index in [4.69, 9.17) is 16.1 Å². The van der Waals surface area contributed by atoms with Crippen molar-refractivity contribution >= 4 is 11.9 Å². The number of amides is 1. The highest BCUT2D eigenvalue weighted by Gasteiger charge is 2.18. The summed E-state index contributed by atoms with van der Waals surface area (Å²) in [6.45, 7) is -1.94. The first kappa shape index (κ1) is 3.36. The SMILES string of the molecule is [2H]N(C(C)=O)[C@]([2H])(C(=O)O)C([2H])([2H])C([2H])(C)C([2H])([2H])[2H]. The van der Waals surface area contributed by atoms with Crippen molar-refractivity contribution < 1.29 is 25.7 Å². The van der Waals surface area contributed by atoms with E-state index in [0.717, 1.165) is 6.92 Å². The van der Waals surface area contributed by atoms with E-state index in [1.807, 2.05) is 0 Å². The second kappa shape index (κ2) is 4.74. The van der Waals surface area contributed by atoms with Crippen molar-refractivity contribution in [1.82, 2.24) is 5.31 Å². The molecule has 0 aliphatic rings. The monoisotopic (exact) mass is 181 g/mol. The Morgan fingerprint density at radius 3 is 2.83 bits per heavy atom. The second-order valence-electron chi connectivity index (χ2n) is 2.03. The van der Waals surface area contributed by atoms with Gasteiger partial charge in [0.25, 0.3) is 0 Å². The van der Waals surface area contributed by atoms with Crippen molar-refractivity contribution in [2.24, 2.45) is 5.89 Å². The maximum absolute atomic E-state index is 11.2. The highest BCUT2D eigenvalue weighted by molar-refractivity contribution is 5.81. The third-order valence-electron chi connectivity index (χ3n) is 0.778. The Labute approximate surface area is 83.3 Å². The molecule has 0 fully saturated rings. The van der Waals surface area contributed by atoms with Crippen LogP contribution in [0.15, 0.2) is 0 Å². The Morgan fingerprint density at radius 1 is 1.92 bits per heavy atom. The van der Waals surface area contributed by atoms with Crippen molar-refractivity contribution in [1.29, 1.82) is 0 Å². The van der Waals surface area contributed by atoms with Gasteiger partial charge >= 0.3 is 5.97 Å². The number of carbonyl (C=O) groups excluding carboxylic acids is 1. The van der Waals surface area contributed by atoms with Crippen molar-refractivity contribution in [3.63, 3.8) is 0 Å². The van der Waals surface area contributed by atoms with E-state index in [0.29, 0.717) is 6.92 Å². The van der Waals surface area contributed by atoms with E-state index in [2.05, 4.69) is 0 Å². The molecule has 0 aliphatic carbocycles. The summed E-state index contributed by atoms with van der Waals surface area (Å²) in [6.07, 6.45) is -3.55. The molecule has 0 aromatic heterocycles. The molecule has 0 saturated carbocycles. The van der Waals surface area contributed by atoms with E-state index in [1.54, 1.807) is 0 Å². The Hall–Kier alpha value is -1.06. The molecule has 0 aromatic rings. The zero-order valence-corrected chi connectivity index (χ0v) is 6.71. The van der Waals surface area contributed by atoms with Crippen LogP contribution < -0.4 is 5.31 Å². The highest BCUT2D eigenvalue weighted by Crippen LogP contribution is 2.04. The molecule has 0 aromatic carbocycles. The maximum atomic E-state index is 11.2. The van der Waals surface area contributed by atoms with Crippen molar-refractivity contribution in [2.75, 3.05) is 0 Å². The van der Waals surface area contributed by atoms with Gasteiger partial charge in [0.1, 0.15) is 6.02 Å². The third kappa shape index (κ3) is 4.71. The highest BCUT2D eigenvalue weighted by atomic mass is 16.4. The fourth-order valence-corrected chi connectivity index (χ4v) is 0.464. The Morgan fingerprint density at radius 2 is 2.50 bits per heavy atom. The maximum Gasteiger partial charge on any atom is 0.326 e. The number of rotatable bonds is 4. The van der Waals surface area contributed by atoms with Gasteiger partial charge in [-0.05, 0) is 12.3 Å². The van der Waals surface area contributed by atoms with E-state index in [9.17, 15) is 9.59 Å². The third-order valence-corrected chi connectivity index (χ3v) is 0.778. The standard InChI is InChI=1S/C8H15NO3/c1-5(2)4-7(8(11)12)9-6(3)10/h5,7H,4H2,1-3H3,(H,9,10)(H,11,12)/t7-/m0/s1/i1D3,4D2,5D,7D/hD/t5?,7-. The van der Waals surface area contributed by atoms with Gasteiger partial charge in [-0.3, -0.25) is 4.79 Å². The van der Waals surface area contributed by atoms with Crippen LogP contribution in [0.1, 0.15) is 36.7 Å². The molecule has 1 amide bonds. The summed E-state index contributed by atoms with van der Waals surface area (Å²) < 4.78 is 59.1. The summed E-state index contributed by atoms with van der Waals surface area (Å²) in [7, 11) is 0. The van der Waals surface area contributed by atoms with Crippen LogP contribution in [0.25, 0.3) is 0 Å². The number of hydrogen-bond donors (Lipinski definition) is 2. The average Bonchev–Trinajstić information content (AvgIpc) is 2.24. The van der Waals surface area contributed by atoms with Crippen LogP contribution in [0.3, 0.4) is 0 Å². The molecule has 0 bridgehead atoms. The number of carboxylic acid groups (broad SMARTS) is 1. The van der Waals surface area contributed by atoms with Crippen LogP contribution in [0.2, 0.25) is 1.41 Å². The zero-order chi connectivity index (χ0) is 16.7. The largest absolute Gasteiger partial charge is 0.480 e. The molecule has 2 N–H and O–H groups in total. The van der Waals surface area contributed by atoms with Crippen LogP contribution in [-0.2, 0) is 9.59 Å². The second-order valence-corrected chi connectivity index (χ2v) is 2.03. The van der Waals surface area contributed by atoms with Crippen LogP contribution in [0.5, 0.6) is 0 Å². The van der Waals surface area contributed by atoms with Gasteiger partial charge in [0, 0.05) is 15.1 Å². The predicted octanol–water partition coefficient (Wildman–Crippen LogP) is 0.622. The molecule has 0 radical (unpaired) electrons. The molecule has 4 heteroatoms. The molecular formula is C8H15NO3. The van der Waals surface area contributed by atoms with Crippen LogP contribution in [0, 0.1) is 5.89 Å². The number of hydrogen-bond acceptors (Lipinski definition) is 2. The Balaban J connectivity index is 6.22. The minimum atomic E-state index is -3.58. The summed E-state index contributed by atoms with van der Waals surface area (Å²) in [5, 5.41) is 8.53. The van der Waals surface area contributed by atoms with E-state index < -0.39 is 42.3 Å². The smallest absolute Gasteiger partial charge is 0.326 e. The molecule has 1 unspecified atom stereocenters. The molecule has 0 rings (SSSR count). The van der Waals surface area contributed by atoms with Crippen LogP contribution in [0.4, 0.5) is 0 Å². The summed E-state index contributed by atoms with van der Waals surface area (Å²) in [4.78, 5) is 22.3. The summed E-state index contributed by atoms with van der Waals surface area (Å²) >= 11 is 0. The molecule has 0 saturated heterocycles. The van der Waals surface area contributed by atoms with Gasteiger partial charge in [0.15, 0.2) is 1.41 Å². The predicted molar refractivity (Wildman–Crippen MR) is 44.7 cm³/mol. The Bertz CT molecular complexity index is 420. The van der Waals surface area contributed by atoms with Crippen LogP contribution >= 0.6 is 0 Å². The topological polar surface area (TPSA) is 66.4 Å².